The molecule has 0 amide bonds. The van der Waals surface area contributed by atoms with Crippen LogP contribution in [0, 0.1) is 17.2 Å². The van der Waals surface area contributed by atoms with E-state index in [4.69, 9.17) is 5.26 Å². The van der Waals surface area contributed by atoms with Gasteiger partial charge in [0.15, 0.2) is 0 Å². The van der Waals surface area contributed by atoms with Crippen LogP contribution in [0.4, 0.5) is 0 Å². The van der Waals surface area contributed by atoms with Crippen LogP contribution in [-0.4, -0.2) is 12.6 Å². The molecule has 0 spiro atoms. The standard InChI is InChI=1S/C6H10N2/c1-5-2-6(3-7)4-8-5/h5-6,8H,2,4H2,1H3/t5-,6-/m0/s1. The molecular formula is C6H10N2. The summed E-state index contributed by atoms with van der Waals surface area (Å²) < 4.78 is 0. The summed E-state index contributed by atoms with van der Waals surface area (Å²) in [6, 6.07) is 2.79. The summed E-state index contributed by atoms with van der Waals surface area (Å²) in [7, 11) is 0. The van der Waals surface area contributed by atoms with E-state index < -0.39 is 0 Å². The second-order valence-corrected chi connectivity index (χ2v) is 2.37. The van der Waals surface area contributed by atoms with E-state index in [0.717, 1.165) is 13.0 Å². The molecule has 0 radical (unpaired) electrons. The molecule has 1 N–H and O–H groups in total. The fourth-order valence-electron chi connectivity index (χ4n) is 1.04. The van der Waals surface area contributed by atoms with E-state index in [2.05, 4.69) is 18.3 Å². The second kappa shape index (κ2) is 2.15. The van der Waals surface area contributed by atoms with E-state index in [1.165, 1.54) is 0 Å². The molecule has 2 heteroatoms. The Hall–Kier alpha value is -0.550. The van der Waals surface area contributed by atoms with Crippen LogP contribution < -0.4 is 5.32 Å². The monoisotopic (exact) mass is 110 g/mol. The van der Waals surface area contributed by atoms with Gasteiger partial charge in [-0.15, -0.1) is 0 Å². The van der Waals surface area contributed by atoms with Crippen molar-refractivity contribution in [1.29, 1.82) is 5.26 Å². The average molecular weight is 110 g/mol. The Bertz CT molecular complexity index is 114. The topological polar surface area (TPSA) is 35.8 Å². The predicted octanol–water partition coefficient (Wildman–Crippen LogP) is 0.508. The molecule has 0 aromatic heterocycles. The van der Waals surface area contributed by atoms with Crippen LogP contribution in [-0.2, 0) is 0 Å². The number of hydrogen-bond acceptors (Lipinski definition) is 2. The third kappa shape index (κ3) is 0.988. The van der Waals surface area contributed by atoms with E-state index in [9.17, 15) is 0 Å². The highest BCUT2D eigenvalue weighted by Crippen LogP contribution is 2.10. The minimum Gasteiger partial charge on any atom is -0.313 e. The number of hydrogen-bond donors (Lipinski definition) is 1. The molecular weight excluding hydrogens is 100 g/mol. The number of nitrogens with zero attached hydrogens (tertiary/aromatic N) is 1. The van der Waals surface area contributed by atoms with Gasteiger partial charge in [-0.1, -0.05) is 0 Å². The van der Waals surface area contributed by atoms with Crippen molar-refractivity contribution in [2.45, 2.75) is 19.4 Å². The van der Waals surface area contributed by atoms with Gasteiger partial charge in [0.25, 0.3) is 0 Å². The van der Waals surface area contributed by atoms with Gasteiger partial charge >= 0.3 is 0 Å². The predicted molar refractivity (Wildman–Crippen MR) is 31.2 cm³/mol. The van der Waals surface area contributed by atoms with Gasteiger partial charge in [-0.3, -0.25) is 0 Å². The molecule has 1 aliphatic rings. The van der Waals surface area contributed by atoms with E-state index in [-0.39, 0.29) is 5.92 Å². The van der Waals surface area contributed by atoms with Crippen molar-refractivity contribution in [2.75, 3.05) is 6.54 Å². The van der Waals surface area contributed by atoms with Crippen LogP contribution in [0.15, 0.2) is 0 Å². The van der Waals surface area contributed by atoms with Crippen LogP contribution >= 0.6 is 0 Å². The summed E-state index contributed by atoms with van der Waals surface area (Å²) in [5.41, 5.74) is 0. The fraction of sp³-hybridized carbons (Fsp3) is 0.833. The molecule has 1 saturated heterocycles. The molecule has 8 heavy (non-hydrogen) atoms. The molecule has 1 heterocycles. The van der Waals surface area contributed by atoms with Crippen LogP contribution in [0.3, 0.4) is 0 Å². The molecule has 1 rings (SSSR count). The quantitative estimate of drug-likeness (QED) is 0.493. The third-order valence-electron chi connectivity index (χ3n) is 1.53. The van der Waals surface area contributed by atoms with Crippen molar-refractivity contribution in [3.63, 3.8) is 0 Å². The first-order chi connectivity index (χ1) is 3.83. The molecule has 0 aliphatic carbocycles. The second-order valence-electron chi connectivity index (χ2n) is 2.37. The fourth-order valence-corrected chi connectivity index (χ4v) is 1.04. The van der Waals surface area contributed by atoms with Crippen molar-refractivity contribution >= 4 is 0 Å². The Labute approximate surface area is 49.5 Å². The van der Waals surface area contributed by atoms with Crippen LogP contribution in [0.5, 0.6) is 0 Å². The van der Waals surface area contributed by atoms with Gasteiger partial charge in [0.1, 0.15) is 0 Å². The molecule has 0 saturated carbocycles. The van der Waals surface area contributed by atoms with Gasteiger partial charge in [-0.05, 0) is 13.3 Å². The SMILES string of the molecule is C[C@H]1C[C@@H](C#N)CN1. The van der Waals surface area contributed by atoms with E-state index in [0.29, 0.717) is 6.04 Å². The highest BCUT2D eigenvalue weighted by atomic mass is 14.9. The van der Waals surface area contributed by atoms with Gasteiger partial charge < -0.3 is 5.32 Å². The zero-order valence-corrected chi connectivity index (χ0v) is 5.02. The summed E-state index contributed by atoms with van der Waals surface area (Å²) in [6.45, 7) is 3.00. The number of rotatable bonds is 0. The van der Waals surface area contributed by atoms with Crippen molar-refractivity contribution < 1.29 is 0 Å². The van der Waals surface area contributed by atoms with E-state index >= 15 is 0 Å². The maximum absolute atomic E-state index is 8.39. The Kier molecular flexibility index (Phi) is 1.50. The van der Waals surface area contributed by atoms with Crippen molar-refractivity contribution in [1.82, 2.24) is 5.32 Å². The van der Waals surface area contributed by atoms with Crippen molar-refractivity contribution in [3.05, 3.63) is 0 Å². The minimum atomic E-state index is 0.269. The van der Waals surface area contributed by atoms with Crippen LogP contribution in [0.2, 0.25) is 0 Å². The first-order valence-corrected chi connectivity index (χ1v) is 2.96. The molecule has 0 aromatic rings. The molecule has 1 aliphatic heterocycles. The van der Waals surface area contributed by atoms with E-state index in [1.807, 2.05) is 0 Å². The molecule has 2 atom stereocenters. The van der Waals surface area contributed by atoms with E-state index in [1.54, 1.807) is 0 Å². The Morgan fingerprint density at radius 3 is 2.75 bits per heavy atom. The number of nitrogens with one attached hydrogen (secondary N) is 1. The van der Waals surface area contributed by atoms with Gasteiger partial charge in [0.05, 0.1) is 12.0 Å². The summed E-state index contributed by atoms with van der Waals surface area (Å²) in [5.74, 6) is 0.269. The highest BCUT2D eigenvalue weighted by molar-refractivity contribution is 4.92. The molecule has 44 valence electrons. The average Bonchev–Trinajstić information content (AvgIpc) is 2.14. The van der Waals surface area contributed by atoms with Gasteiger partial charge in [0, 0.05) is 12.6 Å². The van der Waals surface area contributed by atoms with Crippen LogP contribution in [0.25, 0.3) is 0 Å². The lowest BCUT2D eigenvalue weighted by molar-refractivity contribution is 0.655. The van der Waals surface area contributed by atoms with Crippen LogP contribution in [0.1, 0.15) is 13.3 Å². The lowest BCUT2D eigenvalue weighted by atomic mass is 10.1. The zero-order chi connectivity index (χ0) is 5.98. The maximum atomic E-state index is 8.39. The molecule has 2 nitrogen and oxygen atoms in total. The normalized spacial score (nSPS) is 37.0. The Morgan fingerprint density at radius 2 is 2.50 bits per heavy atom. The number of nitriles is 1. The highest BCUT2D eigenvalue weighted by Gasteiger charge is 2.18. The van der Waals surface area contributed by atoms with Crippen molar-refractivity contribution in [3.8, 4) is 6.07 Å². The Morgan fingerprint density at radius 1 is 1.75 bits per heavy atom. The third-order valence-corrected chi connectivity index (χ3v) is 1.53. The molecule has 0 bridgehead atoms. The molecule has 0 aromatic carbocycles. The smallest absolute Gasteiger partial charge is 0.0669 e. The first kappa shape index (κ1) is 5.58. The summed E-state index contributed by atoms with van der Waals surface area (Å²) in [5, 5.41) is 11.6. The maximum Gasteiger partial charge on any atom is 0.0669 e. The zero-order valence-electron chi connectivity index (χ0n) is 5.02. The molecule has 1 fully saturated rings. The van der Waals surface area contributed by atoms with Gasteiger partial charge in [-0.2, -0.15) is 5.26 Å². The largest absolute Gasteiger partial charge is 0.313 e. The summed E-state index contributed by atoms with van der Waals surface area (Å²) in [6.07, 6.45) is 1.02. The van der Waals surface area contributed by atoms with Gasteiger partial charge in [-0.25, -0.2) is 0 Å². The van der Waals surface area contributed by atoms with Crippen molar-refractivity contribution in [2.24, 2.45) is 5.92 Å². The van der Waals surface area contributed by atoms with Gasteiger partial charge in [0.2, 0.25) is 0 Å². The summed E-state index contributed by atoms with van der Waals surface area (Å²) in [4.78, 5) is 0. The lowest BCUT2D eigenvalue weighted by Crippen LogP contribution is -2.16. The first-order valence-electron chi connectivity index (χ1n) is 2.96. The minimum absolute atomic E-state index is 0.269. The summed E-state index contributed by atoms with van der Waals surface area (Å²) >= 11 is 0. The Balaban J connectivity index is 2.35. The lowest BCUT2D eigenvalue weighted by Gasteiger charge is -1.95. The molecule has 0 unspecified atom stereocenters.